The molecule has 3 heterocycles. The van der Waals surface area contributed by atoms with E-state index in [4.69, 9.17) is 38.2 Å². The van der Waals surface area contributed by atoms with Crippen LogP contribution in [0.15, 0.2) is 164 Å². The Morgan fingerprint density at radius 2 is 0.500 bits per heavy atom. The number of benzene rings is 5. The first-order chi connectivity index (χ1) is 24.6. The Labute approximate surface area is 300 Å². The summed E-state index contributed by atoms with van der Waals surface area (Å²) in [7, 11) is 0. The molecule has 5 aromatic carbocycles. The molecule has 0 N–H and O–H groups in total. The quantitative estimate of drug-likeness (QED) is 0.156. The Morgan fingerprint density at radius 1 is 0.240 bits per heavy atom. The molecule has 0 spiro atoms. The molecule has 0 aliphatic rings. The summed E-state index contributed by atoms with van der Waals surface area (Å²) < 4.78 is 0. The number of aromatic nitrogens is 5. The minimum Gasteiger partial charge on any atom is -0.248 e. The van der Waals surface area contributed by atoms with Crippen molar-refractivity contribution in [3.05, 3.63) is 174 Å². The Morgan fingerprint density at radius 3 is 0.840 bits per heavy atom. The Hall–Kier alpha value is -6.01. The second kappa shape index (κ2) is 13.8. The number of hydrogen-bond acceptors (Lipinski definition) is 5. The minimum absolute atomic E-state index is 0.159. The molecule has 8 aromatic rings. The van der Waals surface area contributed by atoms with Crippen LogP contribution in [0.4, 0.5) is 0 Å². The van der Waals surface area contributed by atoms with Crippen LogP contribution in [0.5, 0.6) is 0 Å². The van der Waals surface area contributed by atoms with Crippen molar-refractivity contribution < 1.29 is 0 Å². The van der Waals surface area contributed by atoms with Gasteiger partial charge in [0.05, 0.1) is 34.2 Å². The maximum Gasteiger partial charge on any atom is 0.223 e. The first-order valence-electron chi connectivity index (χ1n) is 16.0. The predicted octanol–water partition coefficient (Wildman–Crippen LogP) is 11.6. The summed E-state index contributed by atoms with van der Waals surface area (Å²) in [6.07, 6.45) is 0. The molecular weight excluding hydrogens is 657 g/mol. The number of pyridine rings is 1. The lowest BCUT2D eigenvalue weighted by Crippen LogP contribution is -1.96. The van der Waals surface area contributed by atoms with Gasteiger partial charge < -0.3 is 0 Å². The molecular formula is C43H27Cl2N5. The number of rotatable bonds is 7. The van der Waals surface area contributed by atoms with E-state index < -0.39 is 0 Å². The SMILES string of the molecule is Clc1nc(-c2ccccc2)cc(-c2cc(-c3cc(-c4ccccc4)nc(-c4ccccc4)c3)cc(-c3cc(-c4ccccc4)nc(Cl)n3)c2)n1. The zero-order valence-corrected chi connectivity index (χ0v) is 28.1. The first kappa shape index (κ1) is 31.3. The fraction of sp³-hybridized carbons (Fsp3) is 0. The van der Waals surface area contributed by atoms with Gasteiger partial charge in [0.25, 0.3) is 0 Å². The van der Waals surface area contributed by atoms with Crippen LogP contribution in [0.25, 0.3) is 78.7 Å². The van der Waals surface area contributed by atoms with Gasteiger partial charge in [-0.3, -0.25) is 0 Å². The van der Waals surface area contributed by atoms with Gasteiger partial charge in [0, 0.05) is 33.4 Å². The molecule has 0 fully saturated rings. The van der Waals surface area contributed by atoms with Gasteiger partial charge in [-0.15, -0.1) is 0 Å². The first-order valence-corrected chi connectivity index (χ1v) is 16.8. The summed E-state index contributed by atoms with van der Waals surface area (Å²) in [5, 5.41) is 0.317. The fourth-order valence-corrected chi connectivity index (χ4v) is 6.31. The predicted molar refractivity (Wildman–Crippen MR) is 203 cm³/mol. The Bertz CT molecular complexity index is 2270. The van der Waals surface area contributed by atoms with E-state index in [9.17, 15) is 0 Å². The smallest absolute Gasteiger partial charge is 0.223 e. The molecule has 50 heavy (non-hydrogen) atoms. The Balaban J connectivity index is 1.36. The van der Waals surface area contributed by atoms with Crippen molar-refractivity contribution in [2.45, 2.75) is 0 Å². The van der Waals surface area contributed by atoms with E-state index in [1.807, 2.05) is 109 Å². The van der Waals surface area contributed by atoms with Crippen molar-refractivity contribution >= 4 is 23.2 Å². The standard InChI is InChI=1S/C43H27Cl2N5/c44-42-47-38(30-17-9-3-10-18-30)26-40(49-42)34-21-32(22-35(23-34)41-27-39(48-43(45)50-41)31-19-11-4-12-20-31)33-24-36(28-13-5-1-6-14-28)46-37(25-33)29-15-7-2-8-16-29/h1-27H. The molecule has 0 aliphatic heterocycles. The molecule has 0 saturated carbocycles. The number of hydrogen-bond donors (Lipinski definition) is 0. The van der Waals surface area contributed by atoms with E-state index >= 15 is 0 Å². The molecule has 0 aliphatic carbocycles. The van der Waals surface area contributed by atoms with Crippen LogP contribution in [-0.2, 0) is 0 Å². The zero-order valence-electron chi connectivity index (χ0n) is 26.6. The monoisotopic (exact) mass is 683 g/mol. The van der Waals surface area contributed by atoms with Gasteiger partial charge in [-0.2, -0.15) is 0 Å². The van der Waals surface area contributed by atoms with Crippen LogP contribution in [0.3, 0.4) is 0 Å². The molecule has 5 nitrogen and oxygen atoms in total. The molecule has 0 radical (unpaired) electrons. The van der Waals surface area contributed by atoms with Crippen LogP contribution in [-0.4, -0.2) is 24.9 Å². The van der Waals surface area contributed by atoms with Gasteiger partial charge >= 0.3 is 0 Å². The van der Waals surface area contributed by atoms with Crippen LogP contribution >= 0.6 is 23.2 Å². The van der Waals surface area contributed by atoms with Gasteiger partial charge in [0.1, 0.15) is 0 Å². The molecule has 0 atom stereocenters. The van der Waals surface area contributed by atoms with Crippen molar-refractivity contribution in [2.24, 2.45) is 0 Å². The van der Waals surface area contributed by atoms with Gasteiger partial charge in [-0.1, -0.05) is 121 Å². The zero-order chi connectivity index (χ0) is 33.9. The van der Waals surface area contributed by atoms with Crippen LogP contribution < -0.4 is 0 Å². The molecule has 238 valence electrons. The summed E-state index contributed by atoms with van der Waals surface area (Å²) in [5.41, 5.74) is 12.1. The number of halogens is 2. The second-order valence-electron chi connectivity index (χ2n) is 11.7. The van der Waals surface area contributed by atoms with E-state index in [-0.39, 0.29) is 10.6 Å². The summed E-state index contributed by atoms with van der Waals surface area (Å²) in [4.78, 5) is 23.6. The highest BCUT2D eigenvalue weighted by Gasteiger charge is 2.16. The highest BCUT2D eigenvalue weighted by molar-refractivity contribution is 6.28. The normalized spacial score (nSPS) is 11.0. The third-order valence-corrected chi connectivity index (χ3v) is 8.70. The summed E-state index contributed by atoms with van der Waals surface area (Å²) in [6.45, 7) is 0. The third kappa shape index (κ3) is 6.78. The minimum atomic E-state index is 0.159. The lowest BCUT2D eigenvalue weighted by atomic mass is 9.94. The number of nitrogens with zero attached hydrogens (tertiary/aromatic N) is 5. The lowest BCUT2D eigenvalue weighted by Gasteiger charge is -2.14. The van der Waals surface area contributed by atoms with Crippen molar-refractivity contribution in [2.75, 3.05) is 0 Å². The molecule has 0 amide bonds. The maximum absolute atomic E-state index is 6.58. The van der Waals surface area contributed by atoms with Crippen molar-refractivity contribution in [3.63, 3.8) is 0 Å². The van der Waals surface area contributed by atoms with E-state index in [0.717, 1.165) is 67.3 Å². The molecule has 8 rings (SSSR count). The van der Waals surface area contributed by atoms with E-state index in [1.165, 1.54) is 0 Å². The topological polar surface area (TPSA) is 64.5 Å². The van der Waals surface area contributed by atoms with Crippen LogP contribution in [0, 0.1) is 0 Å². The second-order valence-corrected chi connectivity index (χ2v) is 12.4. The Kier molecular flexibility index (Phi) is 8.66. The maximum atomic E-state index is 6.58. The summed E-state index contributed by atoms with van der Waals surface area (Å²) >= 11 is 13.2. The van der Waals surface area contributed by atoms with Crippen LogP contribution in [0.1, 0.15) is 0 Å². The highest BCUT2D eigenvalue weighted by atomic mass is 35.5. The molecule has 0 unspecified atom stereocenters. The summed E-state index contributed by atoms with van der Waals surface area (Å²) in [6, 6.07) is 54.8. The van der Waals surface area contributed by atoms with Gasteiger partial charge in [-0.25, -0.2) is 24.9 Å². The highest BCUT2D eigenvalue weighted by Crippen LogP contribution is 2.37. The molecule has 0 bridgehead atoms. The van der Waals surface area contributed by atoms with Gasteiger partial charge in [0.15, 0.2) is 0 Å². The average molecular weight is 685 g/mol. The molecule has 7 heteroatoms. The largest absolute Gasteiger partial charge is 0.248 e. The lowest BCUT2D eigenvalue weighted by molar-refractivity contribution is 1.17. The molecule has 3 aromatic heterocycles. The van der Waals surface area contributed by atoms with Gasteiger partial charge in [0.2, 0.25) is 10.6 Å². The van der Waals surface area contributed by atoms with Crippen molar-refractivity contribution in [1.82, 2.24) is 24.9 Å². The van der Waals surface area contributed by atoms with E-state index in [1.54, 1.807) is 0 Å². The molecule has 0 saturated heterocycles. The van der Waals surface area contributed by atoms with Crippen molar-refractivity contribution in [3.8, 4) is 78.7 Å². The van der Waals surface area contributed by atoms with E-state index in [2.05, 4.69) is 64.6 Å². The summed E-state index contributed by atoms with van der Waals surface area (Å²) in [5.74, 6) is 0. The fourth-order valence-electron chi connectivity index (χ4n) is 5.95. The van der Waals surface area contributed by atoms with Crippen molar-refractivity contribution in [1.29, 1.82) is 0 Å². The van der Waals surface area contributed by atoms with Gasteiger partial charge in [-0.05, 0) is 76.8 Å². The average Bonchev–Trinajstić information content (AvgIpc) is 3.18. The third-order valence-electron chi connectivity index (χ3n) is 8.36. The van der Waals surface area contributed by atoms with Crippen LogP contribution in [0.2, 0.25) is 10.6 Å². The van der Waals surface area contributed by atoms with E-state index in [0.29, 0.717) is 11.4 Å².